The molecule has 3 nitrogen and oxygen atoms in total. The summed E-state index contributed by atoms with van der Waals surface area (Å²) in [5.41, 5.74) is 6.79. The van der Waals surface area contributed by atoms with Gasteiger partial charge < -0.3 is 15.5 Å². The average Bonchev–Trinajstić information content (AvgIpc) is 2.50. The molecule has 1 heterocycles. The highest BCUT2D eigenvalue weighted by Crippen LogP contribution is 2.23. The van der Waals surface area contributed by atoms with Crippen LogP contribution < -0.4 is 10.5 Å². The zero-order valence-corrected chi connectivity index (χ0v) is 6.92. The van der Waals surface area contributed by atoms with Gasteiger partial charge in [0.1, 0.15) is 5.75 Å². The highest BCUT2D eigenvalue weighted by atomic mass is 16.5. The third-order valence-corrected chi connectivity index (χ3v) is 1.77. The predicted octanol–water partition coefficient (Wildman–Crippen LogP) is 1.43. The van der Waals surface area contributed by atoms with E-state index >= 15 is 0 Å². The van der Waals surface area contributed by atoms with Crippen LogP contribution in [-0.2, 0) is 0 Å². The smallest absolute Gasteiger partial charge is 0.141 e. The number of nitrogens with one attached hydrogen (secondary N) is 1. The van der Waals surface area contributed by atoms with E-state index in [4.69, 9.17) is 10.5 Å². The fourth-order valence-corrected chi connectivity index (χ4v) is 1.04. The molecule has 1 aromatic heterocycles. The Bertz CT molecular complexity index is 220. The van der Waals surface area contributed by atoms with Gasteiger partial charge in [-0.15, -0.1) is 0 Å². The zero-order chi connectivity index (χ0) is 8.27. The van der Waals surface area contributed by atoms with E-state index in [1.54, 1.807) is 7.11 Å². The molecule has 0 fully saturated rings. The quantitative estimate of drug-likeness (QED) is 0.692. The second-order valence-electron chi connectivity index (χ2n) is 2.47. The van der Waals surface area contributed by atoms with E-state index in [9.17, 15) is 0 Å². The molecule has 0 bridgehead atoms. The molecule has 1 unspecified atom stereocenters. The van der Waals surface area contributed by atoms with Crippen molar-refractivity contribution in [2.75, 3.05) is 7.11 Å². The average molecular weight is 154 g/mol. The number of nitrogens with two attached hydrogens (primary N) is 1. The maximum absolute atomic E-state index is 5.80. The van der Waals surface area contributed by atoms with Crippen molar-refractivity contribution >= 4 is 0 Å². The van der Waals surface area contributed by atoms with Gasteiger partial charge in [0.2, 0.25) is 0 Å². The summed E-state index contributed by atoms with van der Waals surface area (Å²) in [5.74, 6) is 0.847. The molecular formula is C8H14N2O. The van der Waals surface area contributed by atoms with Crippen LogP contribution >= 0.6 is 0 Å². The highest BCUT2D eigenvalue weighted by molar-refractivity contribution is 5.29. The number of rotatable bonds is 3. The van der Waals surface area contributed by atoms with Gasteiger partial charge in [-0.1, -0.05) is 6.92 Å². The maximum atomic E-state index is 5.80. The molecule has 0 saturated heterocycles. The van der Waals surface area contributed by atoms with Crippen LogP contribution in [-0.4, -0.2) is 12.1 Å². The Hall–Kier alpha value is -0.960. The number of aromatic amines is 1. The summed E-state index contributed by atoms with van der Waals surface area (Å²) in [7, 11) is 1.65. The van der Waals surface area contributed by atoms with Crippen LogP contribution in [0.2, 0.25) is 0 Å². The molecule has 0 radical (unpaired) electrons. The van der Waals surface area contributed by atoms with Gasteiger partial charge in [-0.05, 0) is 12.5 Å². The van der Waals surface area contributed by atoms with Crippen LogP contribution in [0.3, 0.4) is 0 Å². The SMILES string of the molecule is CCC(N)c1[nH]ccc1OC. The first-order chi connectivity index (χ1) is 5.29. The van der Waals surface area contributed by atoms with Crippen LogP contribution in [0.25, 0.3) is 0 Å². The third kappa shape index (κ3) is 1.54. The van der Waals surface area contributed by atoms with Crippen LogP contribution in [0.4, 0.5) is 0 Å². The van der Waals surface area contributed by atoms with E-state index in [1.807, 2.05) is 19.2 Å². The summed E-state index contributed by atoms with van der Waals surface area (Å²) in [6.45, 7) is 2.05. The number of hydrogen-bond donors (Lipinski definition) is 2. The van der Waals surface area contributed by atoms with E-state index in [2.05, 4.69) is 4.98 Å². The van der Waals surface area contributed by atoms with Crippen LogP contribution in [0.15, 0.2) is 12.3 Å². The fourth-order valence-electron chi connectivity index (χ4n) is 1.04. The summed E-state index contributed by atoms with van der Waals surface area (Å²) in [6.07, 6.45) is 2.75. The minimum Gasteiger partial charge on any atom is -0.495 e. The molecule has 0 spiro atoms. The standard InChI is InChI=1S/C8H14N2O/c1-3-6(9)8-7(11-2)4-5-10-8/h4-6,10H,3,9H2,1-2H3. The van der Waals surface area contributed by atoms with Crippen molar-refractivity contribution in [1.29, 1.82) is 0 Å². The van der Waals surface area contributed by atoms with Gasteiger partial charge in [0.05, 0.1) is 12.8 Å². The lowest BCUT2D eigenvalue weighted by atomic mass is 10.2. The largest absolute Gasteiger partial charge is 0.495 e. The first kappa shape index (κ1) is 8.14. The summed E-state index contributed by atoms with van der Waals surface area (Å²) < 4.78 is 5.10. The highest BCUT2D eigenvalue weighted by Gasteiger charge is 2.09. The fraction of sp³-hybridized carbons (Fsp3) is 0.500. The summed E-state index contributed by atoms with van der Waals surface area (Å²) in [5, 5.41) is 0. The monoisotopic (exact) mass is 154 g/mol. The van der Waals surface area contributed by atoms with Crippen LogP contribution in [0.1, 0.15) is 25.1 Å². The lowest BCUT2D eigenvalue weighted by Crippen LogP contribution is -2.09. The van der Waals surface area contributed by atoms with Crippen molar-refractivity contribution < 1.29 is 4.74 Å². The molecule has 1 atom stereocenters. The molecule has 0 amide bonds. The number of methoxy groups -OCH3 is 1. The molecule has 0 aromatic carbocycles. The minimum atomic E-state index is 0.0555. The summed E-state index contributed by atoms with van der Waals surface area (Å²) >= 11 is 0. The molecule has 62 valence electrons. The van der Waals surface area contributed by atoms with Crippen LogP contribution in [0, 0.1) is 0 Å². The van der Waals surface area contributed by atoms with Crippen molar-refractivity contribution in [2.24, 2.45) is 5.73 Å². The van der Waals surface area contributed by atoms with E-state index < -0.39 is 0 Å². The molecule has 3 N–H and O–H groups in total. The van der Waals surface area contributed by atoms with Crippen LogP contribution in [0.5, 0.6) is 5.75 Å². The van der Waals surface area contributed by atoms with E-state index in [0.717, 1.165) is 17.9 Å². The number of hydrogen-bond acceptors (Lipinski definition) is 2. The molecule has 1 aromatic rings. The van der Waals surface area contributed by atoms with Gasteiger partial charge in [0.25, 0.3) is 0 Å². The molecule has 0 aliphatic heterocycles. The molecule has 3 heteroatoms. The van der Waals surface area contributed by atoms with Crippen molar-refractivity contribution in [3.63, 3.8) is 0 Å². The lowest BCUT2D eigenvalue weighted by Gasteiger charge is -2.08. The van der Waals surface area contributed by atoms with E-state index in [0.29, 0.717) is 0 Å². The van der Waals surface area contributed by atoms with Crippen molar-refractivity contribution in [2.45, 2.75) is 19.4 Å². The Morgan fingerprint density at radius 2 is 2.45 bits per heavy atom. The van der Waals surface area contributed by atoms with Crippen molar-refractivity contribution in [3.8, 4) is 5.75 Å². The van der Waals surface area contributed by atoms with E-state index in [1.165, 1.54) is 0 Å². The summed E-state index contributed by atoms with van der Waals surface area (Å²) in [6, 6.07) is 1.94. The molecule has 1 rings (SSSR count). The third-order valence-electron chi connectivity index (χ3n) is 1.77. The number of ether oxygens (including phenoxy) is 1. The van der Waals surface area contributed by atoms with Gasteiger partial charge in [-0.3, -0.25) is 0 Å². The van der Waals surface area contributed by atoms with Gasteiger partial charge in [0, 0.05) is 12.2 Å². The predicted molar refractivity (Wildman–Crippen MR) is 44.6 cm³/mol. The Morgan fingerprint density at radius 1 is 1.73 bits per heavy atom. The van der Waals surface area contributed by atoms with Crippen molar-refractivity contribution in [3.05, 3.63) is 18.0 Å². The van der Waals surface area contributed by atoms with Gasteiger partial charge >= 0.3 is 0 Å². The second-order valence-corrected chi connectivity index (χ2v) is 2.47. The summed E-state index contributed by atoms with van der Waals surface area (Å²) in [4.78, 5) is 3.06. The molecule has 11 heavy (non-hydrogen) atoms. The lowest BCUT2D eigenvalue weighted by molar-refractivity contribution is 0.405. The molecule has 0 aliphatic rings. The molecular weight excluding hydrogens is 140 g/mol. The Labute approximate surface area is 66.6 Å². The minimum absolute atomic E-state index is 0.0555. The topological polar surface area (TPSA) is 51.0 Å². The first-order valence-corrected chi connectivity index (χ1v) is 3.76. The van der Waals surface area contributed by atoms with Crippen molar-refractivity contribution in [1.82, 2.24) is 4.98 Å². The Balaban J connectivity index is 2.83. The van der Waals surface area contributed by atoms with Gasteiger partial charge in [0.15, 0.2) is 0 Å². The Kier molecular flexibility index (Phi) is 2.54. The second kappa shape index (κ2) is 3.44. The zero-order valence-electron chi connectivity index (χ0n) is 6.92. The Morgan fingerprint density at radius 3 is 3.00 bits per heavy atom. The first-order valence-electron chi connectivity index (χ1n) is 3.76. The van der Waals surface area contributed by atoms with Gasteiger partial charge in [-0.2, -0.15) is 0 Å². The van der Waals surface area contributed by atoms with Gasteiger partial charge in [-0.25, -0.2) is 0 Å². The molecule has 0 aliphatic carbocycles. The van der Waals surface area contributed by atoms with E-state index in [-0.39, 0.29) is 6.04 Å². The maximum Gasteiger partial charge on any atom is 0.141 e. The normalized spacial score (nSPS) is 13.0. The number of H-pyrrole nitrogens is 1. The number of aromatic nitrogens is 1. The molecule has 0 saturated carbocycles.